The van der Waals surface area contributed by atoms with E-state index in [9.17, 15) is 13.2 Å². The highest BCUT2D eigenvalue weighted by atomic mass is 35.5. The lowest BCUT2D eigenvalue weighted by Gasteiger charge is -2.34. The summed E-state index contributed by atoms with van der Waals surface area (Å²) in [6.45, 7) is 7.42. The van der Waals surface area contributed by atoms with Gasteiger partial charge in [0, 0.05) is 43.6 Å². The van der Waals surface area contributed by atoms with Gasteiger partial charge in [-0.05, 0) is 43.5 Å². The smallest absolute Gasteiger partial charge is 0.261 e. The molecule has 1 fully saturated rings. The van der Waals surface area contributed by atoms with E-state index in [1.165, 1.54) is 12.3 Å². The average molecular weight is 620 g/mol. The molecular formula is C27H34ClN7O6S. The summed E-state index contributed by atoms with van der Waals surface area (Å²) in [6, 6.07) is 11.2. The van der Waals surface area contributed by atoms with Gasteiger partial charge < -0.3 is 35.2 Å². The Morgan fingerprint density at radius 1 is 1.05 bits per heavy atom. The van der Waals surface area contributed by atoms with Crippen LogP contribution in [0.4, 0.5) is 34.5 Å². The van der Waals surface area contributed by atoms with Gasteiger partial charge in [-0.25, -0.2) is 4.98 Å². The number of nitrogens with one attached hydrogen (secondary N) is 3. The Balaban J connectivity index is 0.000000892. The first kappa shape index (κ1) is 32.4. The quantitative estimate of drug-likeness (QED) is 0.202. The minimum atomic E-state index is -3.67. The van der Waals surface area contributed by atoms with Gasteiger partial charge in [0.25, 0.3) is 10.1 Å². The maximum Gasteiger partial charge on any atom is 0.261 e. The fraction of sp³-hybridized carbons (Fsp3) is 0.296. The van der Waals surface area contributed by atoms with Crippen molar-refractivity contribution >= 4 is 62.1 Å². The van der Waals surface area contributed by atoms with Crippen molar-refractivity contribution in [2.24, 2.45) is 0 Å². The monoisotopic (exact) mass is 619 g/mol. The SMILES string of the molecule is C=CC(=O)Nc1ccc(OC)c(Nc2ncc(Cl)c(Nc3ccc(N4CCN(C)CC4)cc3OC)n2)c1.CS(=O)(=O)O. The van der Waals surface area contributed by atoms with Crippen molar-refractivity contribution in [3.8, 4) is 11.5 Å². The standard InChI is InChI=1S/C26H30ClN7O3.CH4O3S/c1-5-24(35)29-17-6-9-22(36-3)21(14-17)31-26-28-16-19(27)25(32-26)30-20-8-7-18(15-23(20)37-4)34-12-10-33(2)11-13-34;1-5(2,3)4/h5-9,14-16H,1,10-13H2,2-4H3,(H,29,35)(H2,28,30,31,32);1H3,(H,2,3,4). The van der Waals surface area contributed by atoms with Crippen LogP contribution in [0.2, 0.25) is 5.02 Å². The van der Waals surface area contributed by atoms with Crippen LogP contribution in [0.1, 0.15) is 0 Å². The molecule has 0 unspecified atom stereocenters. The first-order valence-electron chi connectivity index (χ1n) is 12.6. The topological polar surface area (TPSA) is 158 Å². The molecule has 1 aliphatic heterocycles. The van der Waals surface area contributed by atoms with Gasteiger partial charge in [0.1, 0.15) is 16.5 Å². The maximum absolute atomic E-state index is 11.7. The molecule has 0 saturated carbocycles. The third kappa shape index (κ3) is 9.76. The summed E-state index contributed by atoms with van der Waals surface area (Å²) in [5.41, 5.74) is 2.94. The zero-order chi connectivity index (χ0) is 30.9. The highest BCUT2D eigenvalue weighted by molar-refractivity contribution is 7.85. The van der Waals surface area contributed by atoms with E-state index in [2.05, 4.69) is 55.4 Å². The van der Waals surface area contributed by atoms with Gasteiger partial charge in [0.05, 0.1) is 38.0 Å². The Hall–Kier alpha value is -4.11. The molecule has 0 atom stereocenters. The van der Waals surface area contributed by atoms with Gasteiger partial charge >= 0.3 is 0 Å². The van der Waals surface area contributed by atoms with Crippen LogP contribution in [0.3, 0.4) is 0 Å². The summed E-state index contributed by atoms with van der Waals surface area (Å²) in [6.07, 6.45) is 3.41. The Morgan fingerprint density at radius 3 is 2.33 bits per heavy atom. The number of anilines is 6. The number of piperazine rings is 1. The van der Waals surface area contributed by atoms with Crippen molar-refractivity contribution in [2.75, 3.05) is 74.6 Å². The Morgan fingerprint density at radius 2 is 1.71 bits per heavy atom. The fourth-order valence-corrected chi connectivity index (χ4v) is 4.02. The maximum atomic E-state index is 11.7. The van der Waals surface area contributed by atoms with Crippen LogP contribution in [-0.2, 0) is 14.9 Å². The number of likely N-dealkylation sites (N-methyl/N-ethyl adjacent to an activating group) is 1. The summed E-state index contributed by atoms with van der Waals surface area (Å²) >= 11 is 6.42. The number of halogens is 1. The predicted octanol–water partition coefficient (Wildman–Crippen LogP) is 4.01. The zero-order valence-corrected chi connectivity index (χ0v) is 25.3. The molecule has 0 spiro atoms. The minimum Gasteiger partial charge on any atom is -0.495 e. The first-order valence-corrected chi connectivity index (χ1v) is 14.8. The van der Waals surface area contributed by atoms with Crippen LogP contribution >= 0.6 is 11.6 Å². The molecule has 1 saturated heterocycles. The molecule has 13 nitrogen and oxygen atoms in total. The van der Waals surface area contributed by atoms with Crippen molar-refractivity contribution in [3.63, 3.8) is 0 Å². The van der Waals surface area contributed by atoms with Gasteiger partial charge in [-0.2, -0.15) is 13.4 Å². The van der Waals surface area contributed by atoms with Gasteiger partial charge in [-0.3, -0.25) is 9.35 Å². The summed E-state index contributed by atoms with van der Waals surface area (Å²) in [7, 11) is 1.65. The van der Waals surface area contributed by atoms with Crippen LogP contribution in [0.25, 0.3) is 0 Å². The molecule has 4 rings (SSSR count). The molecule has 4 N–H and O–H groups in total. The van der Waals surface area contributed by atoms with Crippen LogP contribution in [-0.4, -0.2) is 87.4 Å². The molecule has 3 aromatic rings. The molecule has 0 bridgehead atoms. The van der Waals surface area contributed by atoms with Crippen LogP contribution in [0.5, 0.6) is 11.5 Å². The number of ether oxygens (including phenoxy) is 2. The molecule has 2 heterocycles. The molecule has 0 aliphatic carbocycles. The minimum absolute atomic E-state index is 0.283. The number of amides is 1. The van der Waals surface area contributed by atoms with Crippen molar-refractivity contribution < 1.29 is 27.2 Å². The fourth-order valence-electron chi connectivity index (χ4n) is 3.88. The van der Waals surface area contributed by atoms with E-state index in [-0.39, 0.29) is 11.9 Å². The number of hydrogen-bond acceptors (Lipinski definition) is 11. The highest BCUT2D eigenvalue weighted by Gasteiger charge is 2.17. The van der Waals surface area contributed by atoms with E-state index in [1.807, 2.05) is 12.1 Å². The Bertz CT molecular complexity index is 1510. The lowest BCUT2D eigenvalue weighted by Crippen LogP contribution is -2.44. The second-order valence-corrected chi connectivity index (χ2v) is 11.0. The van der Waals surface area contributed by atoms with Gasteiger partial charge in [0.15, 0.2) is 5.82 Å². The number of methoxy groups -OCH3 is 2. The van der Waals surface area contributed by atoms with Crippen molar-refractivity contribution in [2.45, 2.75) is 0 Å². The van der Waals surface area contributed by atoms with Gasteiger partial charge in [-0.1, -0.05) is 18.2 Å². The van der Waals surface area contributed by atoms with Crippen LogP contribution < -0.4 is 30.3 Å². The summed E-state index contributed by atoms with van der Waals surface area (Å²) < 4.78 is 37.0. The van der Waals surface area contributed by atoms with Crippen molar-refractivity contribution in [1.82, 2.24) is 14.9 Å². The molecule has 226 valence electrons. The number of hydrogen-bond donors (Lipinski definition) is 4. The van der Waals surface area contributed by atoms with E-state index >= 15 is 0 Å². The van der Waals surface area contributed by atoms with Crippen LogP contribution in [0, 0.1) is 0 Å². The average Bonchev–Trinajstić information content (AvgIpc) is 2.94. The van der Waals surface area contributed by atoms with E-state index in [1.54, 1.807) is 32.4 Å². The molecular weight excluding hydrogens is 586 g/mol. The largest absolute Gasteiger partial charge is 0.495 e. The number of rotatable bonds is 9. The Labute approximate surface area is 250 Å². The van der Waals surface area contributed by atoms with Crippen molar-refractivity contribution in [3.05, 3.63) is 60.3 Å². The number of carbonyl (C=O) groups is 1. The number of benzene rings is 2. The zero-order valence-electron chi connectivity index (χ0n) is 23.7. The number of carbonyl (C=O) groups excluding carboxylic acids is 1. The highest BCUT2D eigenvalue weighted by Crippen LogP contribution is 2.35. The first-order chi connectivity index (χ1) is 19.9. The van der Waals surface area contributed by atoms with Crippen molar-refractivity contribution in [1.29, 1.82) is 0 Å². The third-order valence-corrected chi connectivity index (χ3v) is 6.23. The number of aromatic nitrogens is 2. The van der Waals surface area contributed by atoms with E-state index in [0.29, 0.717) is 40.0 Å². The summed E-state index contributed by atoms with van der Waals surface area (Å²) in [4.78, 5) is 25.2. The van der Waals surface area contributed by atoms with Gasteiger partial charge in [-0.15, -0.1) is 0 Å². The van der Waals surface area contributed by atoms with Gasteiger partial charge in [0.2, 0.25) is 11.9 Å². The second kappa shape index (κ2) is 14.7. The molecule has 2 aromatic carbocycles. The molecule has 1 aliphatic rings. The summed E-state index contributed by atoms with van der Waals surface area (Å²) in [5.74, 6) is 1.59. The van der Waals surface area contributed by atoms with E-state index in [4.69, 9.17) is 25.6 Å². The third-order valence-electron chi connectivity index (χ3n) is 5.95. The summed E-state index contributed by atoms with van der Waals surface area (Å²) in [5, 5.41) is 9.44. The normalized spacial score (nSPS) is 13.3. The van der Waals surface area contributed by atoms with Crippen LogP contribution in [0.15, 0.2) is 55.3 Å². The molecule has 1 amide bonds. The lowest BCUT2D eigenvalue weighted by molar-refractivity contribution is -0.111. The molecule has 0 radical (unpaired) electrons. The second-order valence-electron chi connectivity index (χ2n) is 9.16. The lowest BCUT2D eigenvalue weighted by atomic mass is 10.2. The molecule has 42 heavy (non-hydrogen) atoms. The Kier molecular flexibility index (Phi) is 11.3. The molecule has 15 heteroatoms. The van der Waals surface area contributed by atoms with E-state index < -0.39 is 10.1 Å². The number of nitrogens with zero attached hydrogens (tertiary/aromatic N) is 4. The predicted molar refractivity (Wildman–Crippen MR) is 166 cm³/mol. The van der Waals surface area contributed by atoms with E-state index in [0.717, 1.165) is 37.6 Å². The molecule has 1 aromatic heterocycles.